The van der Waals surface area contributed by atoms with Crippen molar-refractivity contribution in [3.63, 3.8) is 0 Å². The second-order valence-electron chi connectivity index (χ2n) is 8.63. The van der Waals surface area contributed by atoms with Crippen LogP contribution in [0, 0.1) is 5.92 Å². The second kappa shape index (κ2) is 11.1. The Morgan fingerprint density at radius 3 is 2.37 bits per heavy atom. The average molecular weight is 421 g/mol. The average Bonchev–Trinajstić information content (AvgIpc) is 3.24. The Bertz CT molecular complexity index is 670. The Kier molecular flexibility index (Phi) is 8.87. The molecule has 0 radical (unpaired) electrons. The minimum atomic E-state index is -0.382. The van der Waals surface area contributed by atoms with E-state index in [1.54, 1.807) is 23.8 Å². The summed E-state index contributed by atoms with van der Waals surface area (Å²) in [4.78, 5) is 54.1. The van der Waals surface area contributed by atoms with Gasteiger partial charge in [0, 0.05) is 32.3 Å². The van der Waals surface area contributed by atoms with Gasteiger partial charge in [-0.05, 0) is 44.9 Å². The van der Waals surface area contributed by atoms with Gasteiger partial charge in [0.2, 0.25) is 24.1 Å². The first-order valence-electron chi connectivity index (χ1n) is 11.0. The van der Waals surface area contributed by atoms with Crippen LogP contribution in [0.3, 0.4) is 0 Å². The van der Waals surface area contributed by atoms with E-state index < -0.39 is 0 Å². The Balaban J connectivity index is 2.12. The third-order valence-electron chi connectivity index (χ3n) is 6.08. The van der Waals surface area contributed by atoms with Gasteiger partial charge in [-0.2, -0.15) is 0 Å². The summed E-state index contributed by atoms with van der Waals surface area (Å²) < 4.78 is 0. The first kappa shape index (κ1) is 23.9. The summed E-state index contributed by atoms with van der Waals surface area (Å²) >= 11 is 0. The number of nitrogens with zero attached hydrogens (tertiary/aromatic N) is 3. The number of hydrogen-bond acceptors (Lipinski definition) is 4. The van der Waals surface area contributed by atoms with Gasteiger partial charge in [0.05, 0.1) is 12.6 Å². The van der Waals surface area contributed by atoms with Crippen LogP contribution in [0.4, 0.5) is 0 Å². The molecule has 168 valence electrons. The molecule has 2 rings (SSSR count). The monoisotopic (exact) mass is 420 g/mol. The lowest BCUT2D eigenvalue weighted by Crippen LogP contribution is -2.49. The molecule has 8 nitrogen and oxygen atoms in total. The molecule has 0 spiro atoms. The number of piperidine rings is 1. The molecule has 0 aliphatic carbocycles. The number of likely N-dealkylation sites (tertiary alicyclic amines) is 2. The zero-order valence-corrected chi connectivity index (χ0v) is 18.7. The lowest BCUT2D eigenvalue weighted by Gasteiger charge is -2.33. The Hall–Kier alpha value is -2.38. The Labute approximate surface area is 179 Å². The maximum absolute atomic E-state index is 13.2. The fraction of sp³-hybridized carbons (Fsp3) is 0.727. The van der Waals surface area contributed by atoms with E-state index in [0.717, 1.165) is 38.8 Å². The molecule has 2 heterocycles. The minimum absolute atomic E-state index is 0.0704. The number of likely N-dealkylation sites (N-methyl/N-ethyl adjacent to an activating group) is 1. The van der Waals surface area contributed by atoms with E-state index in [-0.39, 0.29) is 42.3 Å². The number of nitrogens with one attached hydrogen (secondary N) is 1. The van der Waals surface area contributed by atoms with Crippen molar-refractivity contribution in [2.45, 2.75) is 65.0 Å². The van der Waals surface area contributed by atoms with Crippen molar-refractivity contribution in [2.75, 3.05) is 33.2 Å². The van der Waals surface area contributed by atoms with Gasteiger partial charge in [0.15, 0.2) is 0 Å². The smallest absolute Gasteiger partial charge is 0.249 e. The largest absolute Gasteiger partial charge is 0.350 e. The highest BCUT2D eigenvalue weighted by molar-refractivity contribution is 5.97. The van der Waals surface area contributed by atoms with Crippen LogP contribution in [-0.4, -0.2) is 84.1 Å². The summed E-state index contributed by atoms with van der Waals surface area (Å²) in [5, 5.41) is 2.38. The lowest BCUT2D eigenvalue weighted by molar-refractivity contribution is -0.142. The Morgan fingerprint density at radius 2 is 1.77 bits per heavy atom. The molecule has 0 unspecified atom stereocenters. The third-order valence-corrected chi connectivity index (χ3v) is 6.08. The number of hydrogen-bond donors (Lipinski definition) is 1. The number of carbonyl (C=O) groups excluding carboxylic acids is 4. The maximum atomic E-state index is 13.2. The molecular formula is C22H36N4O4. The van der Waals surface area contributed by atoms with E-state index in [1.807, 2.05) is 24.8 Å². The van der Waals surface area contributed by atoms with E-state index >= 15 is 0 Å². The summed E-state index contributed by atoms with van der Waals surface area (Å²) in [5.74, 6) is -0.208. The van der Waals surface area contributed by atoms with Crippen LogP contribution in [0.5, 0.6) is 0 Å². The van der Waals surface area contributed by atoms with Gasteiger partial charge in [-0.25, -0.2) is 0 Å². The minimum Gasteiger partial charge on any atom is -0.350 e. The van der Waals surface area contributed by atoms with E-state index in [1.165, 1.54) is 0 Å². The van der Waals surface area contributed by atoms with E-state index in [2.05, 4.69) is 5.32 Å². The molecule has 2 fully saturated rings. The molecule has 1 N–H and O–H groups in total. The first-order chi connectivity index (χ1) is 14.3. The van der Waals surface area contributed by atoms with Crippen molar-refractivity contribution in [1.82, 2.24) is 20.0 Å². The van der Waals surface area contributed by atoms with Crippen molar-refractivity contribution < 1.29 is 19.2 Å². The predicted molar refractivity (Wildman–Crippen MR) is 114 cm³/mol. The molecule has 0 aromatic rings. The summed E-state index contributed by atoms with van der Waals surface area (Å²) in [6.45, 7) is 7.77. The molecule has 2 saturated heterocycles. The highest BCUT2D eigenvalue weighted by Gasteiger charge is 2.37. The molecule has 2 aliphatic rings. The van der Waals surface area contributed by atoms with Gasteiger partial charge in [0.1, 0.15) is 6.04 Å². The van der Waals surface area contributed by atoms with Crippen LogP contribution >= 0.6 is 0 Å². The van der Waals surface area contributed by atoms with Gasteiger partial charge in [-0.1, -0.05) is 19.9 Å². The standard InChI is InChI=1S/C22H36N4O4/c1-16(2)19(24(4)20(28)14-23-15-27)13-17(3)21(29)26-12-8-9-18(26)22(30)25-10-6-5-7-11-25/h13,15-16,18-19H,5-12,14H2,1-4H3,(H,23,27)/b17-13+/t18-,19+/m0/s1. The topological polar surface area (TPSA) is 90.0 Å². The number of rotatable bonds is 8. The van der Waals surface area contributed by atoms with Crippen molar-refractivity contribution in [3.05, 3.63) is 11.6 Å². The number of carbonyl (C=O) groups is 4. The molecule has 0 bridgehead atoms. The highest BCUT2D eigenvalue weighted by atomic mass is 16.2. The van der Waals surface area contributed by atoms with Crippen LogP contribution in [-0.2, 0) is 19.2 Å². The van der Waals surface area contributed by atoms with Crippen LogP contribution in [0.2, 0.25) is 0 Å². The van der Waals surface area contributed by atoms with Crippen molar-refractivity contribution >= 4 is 24.1 Å². The van der Waals surface area contributed by atoms with Gasteiger partial charge in [-0.15, -0.1) is 0 Å². The van der Waals surface area contributed by atoms with E-state index in [9.17, 15) is 19.2 Å². The molecule has 2 aliphatic heterocycles. The second-order valence-corrected chi connectivity index (χ2v) is 8.63. The van der Waals surface area contributed by atoms with E-state index in [4.69, 9.17) is 0 Å². The molecule has 0 aromatic heterocycles. The summed E-state index contributed by atoms with van der Waals surface area (Å²) in [6, 6.07) is -0.665. The summed E-state index contributed by atoms with van der Waals surface area (Å²) in [6.07, 6.45) is 7.05. The third kappa shape index (κ3) is 5.83. The fourth-order valence-electron chi connectivity index (χ4n) is 4.32. The maximum Gasteiger partial charge on any atom is 0.249 e. The molecular weight excluding hydrogens is 384 g/mol. The van der Waals surface area contributed by atoms with Crippen LogP contribution < -0.4 is 5.32 Å². The molecule has 8 heteroatoms. The Morgan fingerprint density at radius 1 is 1.10 bits per heavy atom. The SMILES string of the molecule is C/C(=C\[C@H](C(C)C)N(C)C(=O)CNC=O)C(=O)N1CCC[C@H]1C(=O)N1CCCCC1. The quantitative estimate of drug-likeness (QED) is 0.471. The molecule has 2 atom stereocenters. The van der Waals surface area contributed by atoms with Gasteiger partial charge >= 0.3 is 0 Å². The summed E-state index contributed by atoms with van der Waals surface area (Å²) in [5.41, 5.74) is 0.537. The normalized spacial score (nSPS) is 20.8. The molecule has 0 saturated carbocycles. The molecule has 4 amide bonds. The van der Waals surface area contributed by atoms with Gasteiger partial charge in [0.25, 0.3) is 0 Å². The lowest BCUT2D eigenvalue weighted by atomic mass is 9.99. The first-order valence-corrected chi connectivity index (χ1v) is 11.0. The van der Waals surface area contributed by atoms with Crippen molar-refractivity contribution in [3.8, 4) is 0 Å². The van der Waals surface area contributed by atoms with Gasteiger partial charge in [-0.3, -0.25) is 19.2 Å². The van der Waals surface area contributed by atoms with Crippen LogP contribution in [0.1, 0.15) is 52.9 Å². The van der Waals surface area contributed by atoms with Crippen LogP contribution in [0.25, 0.3) is 0 Å². The number of amides is 4. The van der Waals surface area contributed by atoms with Crippen LogP contribution in [0.15, 0.2) is 11.6 Å². The highest BCUT2D eigenvalue weighted by Crippen LogP contribution is 2.24. The van der Waals surface area contributed by atoms with Gasteiger partial charge < -0.3 is 20.0 Å². The van der Waals surface area contributed by atoms with Crippen molar-refractivity contribution in [1.29, 1.82) is 0 Å². The van der Waals surface area contributed by atoms with Crippen molar-refractivity contribution in [2.24, 2.45) is 5.92 Å². The summed E-state index contributed by atoms with van der Waals surface area (Å²) in [7, 11) is 1.67. The van der Waals surface area contributed by atoms with E-state index in [0.29, 0.717) is 24.9 Å². The molecule has 0 aromatic carbocycles. The predicted octanol–water partition coefficient (Wildman–Crippen LogP) is 1.17. The zero-order chi connectivity index (χ0) is 22.3. The fourth-order valence-corrected chi connectivity index (χ4v) is 4.32. The zero-order valence-electron chi connectivity index (χ0n) is 18.7. The molecule has 30 heavy (non-hydrogen) atoms.